The number of alkyl halides is 2. The number of rotatable bonds is 12. The molecule has 0 aliphatic carbocycles. The fourth-order valence-electron chi connectivity index (χ4n) is 3.88. The van der Waals surface area contributed by atoms with Gasteiger partial charge in [0, 0.05) is 25.2 Å². The Morgan fingerprint density at radius 3 is 2.25 bits per heavy atom. The lowest BCUT2D eigenvalue weighted by molar-refractivity contribution is 0.0557. The van der Waals surface area contributed by atoms with Crippen LogP contribution < -0.4 is 14.2 Å². The van der Waals surface area contributed by atoms with Crippen LogP contribution in [0, 0.1) is 6.92 Å². The highest BCUT2D eigenvalue weighted by Crippen LogP contribution is 2.38. The fraction of sp³-hybridized carbons (Fsp3) is 0.375. The monoisotopic (exact) mass is 578 g/mol. The van der Waals surface area contributed by atoms with Crippen molar-refractivity contribution in [3.05, 3.63) is 54.2 Å². The van der Waals surface area contributed by atoms with E-state index < -0.39 is 27.9 Å². The van der Waals surface area contributed by atoms with Gasteiger partial charge in [0.25, 0.3) is 0 Å². The first-order valence-corrected chi connectivity index (χ1v) is 13.6. The maximum absolute atomic E-state index is 13.7. The topological polar surface area (TPSA) is 148 Å². The highest BCUT2D eigenvalue weighted by Gasteiger charge is 2.35. The van der Waals surface area contributed by atoms with Gasteiger partial charge in [-0.25, -0.2) is 23.1 Å². The van der Waals surface area contributed by atoms with Gasteiger partial charge < -0.3 is 14.2 Å². The van der Waals surface area contributed by atoms with Crippen LogP contribution in [0.15, 0.2) is 42.9 Å². The third kappa shape index (κ3) is 5.72. The Morgan fingerprint density at radius 1 is 1.05 bits per heavy atom. The molecule has 214 valence electrons. The zero-order chi connectivity index (χ0) is 29.0. The molecule has 4 rings (SSSR count). The average Bonchev–Trinajstić information content (AvgIpc) is 3.58. The number of para-hydroxylation sites is 1. The molecule has 0 radical (unpaired) electrons. The van der Waals surface area contributed by atoms with E-state index in [9.17, 15) is 17.2 Å². The minimum atomic E-state index is -4.25. The van der Waals surface area contributed by atoms with Crippen LogP contribution in [0.3, 0.4) is 0 Å². The molecule has 0 spiro atoms. The predicted octanol–water partition coefficient (Wildman–Crippen LogP) is 3.55. The Labute approximate surface area is 229 Å². The number of anilines is 1. The van der Waals surface area contributed by atoms with Gasteiger partial charge in [-0.3, -0.25) is 9.29 Å². The van der Waals surface area contributed by atoms with Gasteiger partial charge in [0.2, 0.25) is 16.0 Å². The Bertz CT molecular complexity index is 1540. The van der Waals surface area contributed by atoms with Crippen molar-refractivity contribution >= 4 is 16.0 Å². The smallest absolute Gasteiger partial charge is 0.333 e. The molecule has 4 aromatic rings. The van der Waals surface area contributed by atoms with Crippen LogP contribution in [0.2, 0.25) is 0 Å². The van der Waals surface area contributed by atoms with Crippen LogP contribution in [-0.4, -0.2) is 69.0 Å². The van der Waals surface area contributed by atoms with Crippen molar-refractivity contribution in [3.8, 4) is 28.7 Å². The average molecular weight is 579 g/mol. The maximum Gasteiger partial charge on any atom is 0.333 e. The second kappa shape index (κ2) is 11.9. The third-order valence-electron chi connectivity index (χ3n) is 5.88. The number of hydrogen-bond donors (Lipinski definition) is 1. The third-order valence-corrected chi connectivity index (χ3v) is 7.57. The number of aromatic nitrogens is 7. The number of hydrogen-bond acceptors (Lipinski definition) is 10. The van der Waals surface area contributed by atoms with Crippen LogP contribution in [-0.2, 0) is 14.8 Å². The normalized spacial score (nSPS) is 13.3. The Morgan fingerprint density at radius 2 is 1.70 bits per heavy atom. The first kappa shape index (κ1) is 28.8. The lowest BCUT2D eigenvalue weighted by Crippen LogP contribution is -2.34. The van der Waals surface area contributed by atoms with Crippen LogP contribution >= 0.6 is 0 Å². The number of nitrogens with zero attached hydrogens (tertiary/aromatic N) is 7. The molecular formula is C24H28F2N8O5S. The van der Waals surface area contributed by atoms with E-state index >= 15 is 0 Å². The number of methoxy groups -OCH3 is 2. The van der Waals surface area contributed by atoms with Crippen molar-refractivity contribution < 1.29 is 31.4 Å². The van der Waals surface area contributed by atoms with Crippen LogP contribution in [0.4, 0.5) is 14.7 Å². The molecule has 40 heavy (non-hydrogen) atoms. The van der Waals surface area contributed by atoms with Crippen molar-refractivity contribution in [1.82, 2.24) is 34.5 Å². The molecule has 0 fully saturated rings. The van der Waals surface area contributed by atoms with E-state index in [4.69, 9.17) is 14.2 Å². The summed E-state index contributed by atoms with van der Waals surface area (Å²) in [5.74, 6) is 0.411. The molecule has 1 aromatic carbocycles. The standard InChI is InChI=1S/C24H28F2N8O5S/c1-6-39-20(21-27-12-14(2)13-28-21)15(3)40(35,36)32-24-30-29-22(16-10-11-33(31-16)23(25)26)34(24)19-17(37-4)8-7-9-18(19)38-5/h7-13,15,20,23H,6H2,1-5H3,(H,30,32). The van der Waals surface area contributed by atoms with Crippen LogP contribution in [0.25, 0.3) is 17.2 Å². The second-order valence-corrected chi connectivity index (χ2v) is 10.5. The number of ether oxygens (including phenoxy) is 3. The first-order valence-electron chi connectivity index (χ1n) is 12.0. The van der Waals surface area contributed by atoms with Gasteiger partial charge in [-0.05, 0) is 44.5 Å². The molecule has 16 heteroatoms. The molecular weight excluding hydrogens is 550 g/mol. The van der Waals surface area contributed by atoms with Gasteiger partial charge in [0.15, 0.2) is 11.6 Å². The molecule has 0 bridgehead atoms. The van der Waals surface area contributed by atoms with E-state index in [0.717, 1.165) is 11.8 Å². The van der Waals surface area contributed by atoms with E-state index in [1.54, 1.807) is 37.5 Å². The summed E-state index contributed by atoms with van der Waals surface area (Å²) in [6.07, 6.45) is 3.19. The van der Waals surface area contributed by atoms with Crippen molar-refractivity contribution in [3.63, 3.8) is 0 Å². The molecule has 3 heterocycles. The van der Waals surface area contributed by atoms with E-state index in [1.165, 1.54) is 31.8 Å². The van der Waals surface area contributed by atoms with Crippen molar-refractivity contribution in [2.24, 2.45) is 0 Å². The summed E-state index contributed by atoms with van der Waals surface area (Å²) in [6, 6.07) is 6.19. The van der Waals surface area contributed by atoms with Crippen molar-refractivity contribution in [1.29, 1.82) is 0 Å². The minimum Gasteiger partial charge on any atom is -0.494 e. The summed E-state index contributed by atoms with van der Waals surface area (Å²) in [7, 11) is -1.42. The molecule has 3 aromatic heterocycles. The Balaban J connectivity index is 1.84. The summed E-state index contributed by atoms with van der Waals surface area (Å²) in [5.41, 5.74) is 1.01. The fourth-order valence-corrected chi connectivity index (χ4v) is 4.98. The summed E-state index contributed by atoms with van der Waals surface area (Å²) in [6.45, 7) is 2.28. The van der Waals surface area contributed by atoms with Gasteiger partial charge in [-0.2, -0.15) is 13.9 Å². The molecule has 0 amide bonds. The Kier molecular flexibility index (Phi) is 8.58. The van der Waals surface area contributed by atoms with Gasteiger partial charge in [0.05, 0.1) is 14.2 Å². The summed E-state index contributed by atoms with van der Waals surface area (Å²) in [5, 5.41) is 10.8. The second-order valence-electron chi connectivity index (χ2n) is 8.50. The first-order chi connectivity index (χ1) is 19.1. The number of sulfonamides is 1. The zero-order valence-electron chi connectivity index (χ0n) is 22.3. The van der Waals surface area contributed by atoms with Crippen LogP contribution in [0.1, 0.15) is 37.9 Å². The lowest BCUT2D eigenvalue weighted by atomic mass is 10.2. The summed E-state index contributed by atoms with van der Waals surface area (Å²) in [4.78, 5) is 8.49. The molecule has 13 nitrogen and oxygen atoms in total. The van der Waals surface area contributed by atoms with E-state index in [0.29, 0.717) is 4.68 Å². The maximum atomic E-state index is 13.7. The molecule has 0 saturated heterocycles. The van der Waals surface area contributed by atoms with E-state index in [2.05, 4.69) is 30.0 Å². The highest BCUT2D eigenvalue weighted by molar-refractivity contribution is 7.93. The highest BCUT2D eigenvalue weighted by atomic mass is 32.2. The quantitative estimate of drug-likeness (QED) is 0.265. The van der Waals surface area contributed by atoms with Crippen molar-refractivity contribution in [2.75, 3.05) is 25.5 Å². The van der Waals surface area contributed by atoms with Gasteiger partial charge in [0.1, 0.15) is 34.2 Å². The number of aryl methyl sites for hydroxylation is 1. The zero-order valence-corrected chi connectivity index (χ0v) is 23.1. The van der Waals surface area contributed by atoms with Crippen LogP contribution in [0.5, 0.6) is 11.5 Å². The summed E-state index contributed by atoms with van der Waals surface area (Å²) >= 11 is 0. The Hall–Kier alpha value is -4.18. The minimum absolute atomic E-state index is 0.000459. The molecule has 0 aliphatic rings. The van der Waals surface area contributed by atoms with E-state index in [-0.39, 0.29) is 47.1 Å². The van der Waals surface area contributed by atoms with Gasteiger partial charge >= 0.3 is 6.55 Å². The molecule has 0 saturated carbocycles. The molecule has 0 aliphatic heterocycles. The molecule has 1 N–H and O–H groups in total. The van der Waals surface area contributed by atoms with E-state index in [1.807, 2.05) is 6.92 Å². The van der Waals surface area contributed by atoms with Gasteiger partial charge in [-0.1, -0.05) is 6.07 Å². The molecule has 2 atom stereocenters. The number of halogens is 2. The van der Waals surface area contributed by atoms with Gasteiger partial charge in [-0.15, -0.1) is 10.2 Å². The SMILES string of the molecule is CCOC(c1ncc(C)cn1)C(C)S(=O)(=O)Nc1nnc(-c2ccn(C(F)F)n2)n1-c1c(OC)cccc1OC. The predicted molar refractivity (Wildman–Crippen MR) is 140 cm³/mol. The lowest BCUT2D eigenvalue weighted by Gasteiger charge is -2.23. The number of nitrogens with one attached hydrogen (secondary N) is 1. The molecule has 2 unspecified atom stereocenters. The number of benzene rings is 1. The van der Waals surface area contributed by atoms with Crippen molar-refractivity contribution in [2.45, 2.75) is 38.7 Å². The largest absolute Gasteiger partial charge is 0.494 e. The summed E-state index contributed by atoms with van der Waals surface area (Å²) < 4.78 is 74.8.